The summed E-state index contributed by atoms with van der Waals surface area (Å²) in [5, 5.41) is 3.27. The minimum atomic E-state index is 0. The van der Waals surface area contributed by atoms with Crippen LogP contribution in [0.4, 0.5) is 0 Å². The lowest BCUT2D eigenvalue weighted by molar-refractivity contribution is 0.324. The number of ether oxygens (including phenoxy) is 2. The van der Waals surface area contributed by atoms with Crippen LogP contribution in [0.3, 0.4) is 0 Å². The van der Waals surface area contributed by atoms with Crippen LogP contribution in [0, 0.1) is 0 Å². The van der Waals surface area contributed by atoms with E-state index in [1.54, 1.807) is 7.11 Å². The highest BCUT2D eigenvalue weighted by atomic mass is 35.5. The Hall–Kier alpha value is -0.930. The standard InChI is InChI=1S/C10H13NO2.ClH/c1-12-9-3-2-4-10-8(9)7-11-5-6-13-10;/h2-4,11H,5-7H2,1H3;1H. The maximum absolute atomic E-state index is 5.55. The van der Waals surface area contributed by atoms with Crippen LogP contribution in [0.25, 0.3) is 0 Å². The first-order valence-corrected chi connectivity index (χ1v) is 4.41. The molecule has 14 heavy (non-hydrogen) atoms. The molecule has 2 rings (SSSR count). The second-order valence-corrected chi connectivity index (χ2v) is 2.96. The van der Waals surface area contributed by atoms with Gasteiger partial charge in [0.25, 0.3) is 0 Å². The smallest absolute Gasteiger partial charge is 0.127 e. The van der Waals surface area contributed by atoms with Crippen molar-refractivity contribution >= 4 is 12.4 Å². The molecule has 0 bridgehead atoms. The van der Waals surface area contributed by atoms with Gasteiger partial charge in [0, 0.05) is 18.7 Å². The molecule has 0 radical (unpaired) electrons. The quantitative estimate of drug-likeness (QED) is 0.772. The second kappa shape index (κ2) is 5.08. The van der Waals surface area contributed by atoms with E-state index >= 15 is 0 Å². The van der Waals surface area contributed by atoms with Gasteiger partial charge in [-0.15, -0.1) is 12.4 Å². The lowest BCUT2D eigenvalue weighted by Gasteiger charge is -2.10. The lowest BCUT2D eigenvalue weighted by atomic mass is 10.2. The summed E-state index contributed by atoms with van der Waals surface area (Å²) in [6.45, 7) is 2.43. The van der Waals surface area contributed by atoms with Crippen LogP contribution in [0.1, 0.15) is 5.56 Å². The zero-order chi connectivity index (χ0) is 9.10. The molecule has 1 N–H and O–H groups in total. The van der Waals surface area contributed by atoms with Gasteiger partial charge >= 0.3 is 0 Å². The molecule has 0 saturated carbocycles. The average Bonchev–Trinajstić information content (AvgIpc) is 2.41. The van der Waals surface area contributed by atoms with Crippen LogP contribution in [0.15, 0.2) is 18.2 Å². The maximum atomic E-state index is 5.55. The maximum Gasteiger partial charge on any atom is 0.127 e. The predicted octanol–water partition coefficient (Wildman–Crippen LogP) is 1.60. The van der Waals surface area contributed by atoms with Gasteiger partial charge in [0.05, 0.1) is 7.11 Å². The van der Waals surface area contributed by atoms with E-state index in [9.17, 15) is 0 Å². The van der Waals surface area contributed by atoms with Crippen molar-refractivity contribution in [2.24, 2.45) is 0 Å². The van der Waals surface area contributed by atoms with Crippen molar-refractivity contribution < 1.29 is 9.47 Å². The van der Waals surface area contributed by atoms with Crippen molar-refractivity contribution in [3.8, 4) is 11.5 Å². The SMILES string of the molecule is COc1cccc2c1CNCCO2.Cl. The predicted molar refractivity (Wildman–Crippen MR) is 57.4 cm³/mol. The van der Waals surface area contributed by atoms with Gasteiger partial charge in [-0.1, -0.05) is 6.07 Å². The monoisotopic (exact) mass is 215 g/mol. The molecular formula is C10H14ClNO2. The van der Waals surface area contributed by atoms with E-state index in [4.69, 9.17) is 9.47 Å². The molecule has 0 amide bonds. The van der Waals surface area contributed by atoms with E-state index in [1.165, 1.54) is 0 Å². The van der Waals surface area contributed by atoms with Crippen molar-refractivity contribution in [3.63, 3.8) is 0 Å². The number of benzene rings is 1. The minimum Gasteiger partial charge on any atom is -0.496 e. The molecular weight excluding hydrogens is 202 g/mol. The zero-order valence-corrected chi connectivity index (χ0v) is 8.89. The summed E-state index contributed by atoms with van der Waals surface area (Å²) in [6, 6.07) is 5.88. The highest BCUT2D eigenvalue weighted by Crippen LogP contribution is 2.28. The Morgan fingerprint density at radius 2 is 2.29 bits per heavy atom. The Morgan fingerprint density at radius 3 is 3.07 bits per heavy atom. The Balaban J connectivity index is 0.000000980. The molecule has 3 nitrogen and oxygen atoms in total. The average molecular weight is 216 g/mol. The van der Waals surface area contributed by atoms with Gasteiger partial charge < -0.3 is 14.8 Å². The fourth-order valence-electron chi connectivity index (χ4n) is 1.49. The highest BCUT2D eigenvalue weighted by Gasteiger charge is 2.12. The first kappa shape index (κ1) is 11.1. The summed E-state index contributed by atoms with van der Waals surface area (Å²) in [7, 11) is 1.68. The summed E-state index contributed by atoms with van der Waals surface area (Å²) in [6.07, 6.45) is 0. The number of rotatable bonds is 1. The van der Waals surface area contributed by atoms with Gasteiger partial charge in [0.2, 0.25) is 0 Å². The van der Waals surface area contributed by atoms with Crippen LogP contribution in [0.2, 0.25) is 0 Å². The molecule has 0 aliphatic carbocycles. The van der Waals surface area contributed by atoms with Crippen molar-refractivity contribution in [1.29, 1.82) is 0 Å². The molecule has 1 aliphatic heterocycles. The number of hydrogen-bond acceptors (Lipinski definition) is 3. The number of methoxy groups -OCH3 is 1. The van der Waals surface area contributed by atoms with Crippen LogP contribution in [-0.2, 0) is 6.54 Å². The molecule has 0 spiro atoms. The van der Waals surface area contributed by atoms with E-state index in [-0.39, 0.29) is 12.4 Å². The Bertz CT molecular complexity index is 304. The summed E-state index contributed by atoms with van der Waals surface area (Å²) in [4.78, 5) is 0. The first-order chi connectivity index (χ1) is 6.42. The second-order valence-electron chi connectivity index (χ2n) is 2.96. The van der Waals surface area contributed by atoms with Gasteiger partial charge in [0.1, 0.15) is 18.1 Å². The number of fused-ring (bicyclic) bond motifs is 1. The van der Waals surface area contributed by atoms with E-state index < -0.39 is 0 Å². The van der Waals surface area contributed by atoms with Crippen LogP contribution in [-0.4, -0.2) is 20.3 Å². The Kier molecular flexibility index (Phi) is 4.04. The summed E-state index contributed by atoms with van der Waals surface area (Å²) in [5.41, 5.74) is 1.11. The molecule has 0 saturated heterocycles. The molecule has 1 aromatic carbocycles. The lowest BCUT2D eigenvalue weighted by Crippen LogP contribution is -2.16. The normalized spacial score (nSPS) is 14.4. The van der Waals surface area contributed by atoms with Gasteiger partial charge in [-0.05, 0) is 12.1 Å². The highest BCUT2D eigenvalue weighted by molar-refractivity contribution is 5.85. The van der Waals surface area contributed by atoms with E-state index in [0.29, 0.717) is 0 Å². The fraction of sp³-hybridized carbons (Fsp3) is 0.400. The largest absolute Gasteiger partial charge is 0.496 e. The third kappa shape index (κ3) is 2.11. The Morgan fingerprint density at radius 1 is 1.43 bits per heavy atom. The molecule has 4 heteroatoms. The molecule has 0 unspecified atom stereocenters. The molecule has 0 aromatic heterocycles. The van der Waals surface area contributed by atoms with Crippen LogP contribution in [0.5, 0.6) is 11.5 Å². The van der Waals surface area contributed by atoms with E-state index in [2.05, 4.69) is 5.32 Å². The molecule has 1 heterocycles. The topological polar surface area (TPSA) is 30.5 Å². The third-order valence-corrected chi connectivity index (χ3v) is 2.15. The molecule has 1 aromatic rings. The molecule has 78 valence electrons. The minimum absolute atomic E-state index is 0. The molecule has 0 fully saturated rings. The van der Waals surface area contributed by atoms with Gasteiger partial charge in [-0.25, -0.2) is 0 Å². The molecule has 1 aliphatic rings. The van der Waals surface area contributed by atoms with Crippen molar-refractivity contribution in [2.45, 2.75) is 6.54 Å². The van der Waals surface area contributed by atoms with Gasteiger partial charge in [-0.3, -0.25) is 0 Å². The molecule has 0 atom stereocenters. The van der Waals surface area contributed by atoms with E-state index in [0.717, 1.165) is 36.8 Å². The Labute approximate surface area is 89.8 Å². The number of halogens is 1. The number of hydrogen-bond donors (Lipinski definition) is 1. The van der Waals surface area contributed by atoms with Crippen LogP contribution < -0.4 is 14.8 Å². The summed E-state index contributed by atoms with van der Waals surface area (Å²) < 4.78 is 10.8. The van der Waals surface area contributed by atoms with Gasteiger partial charge in [0.15, 0.2) is 0 Å². The van der Waals surface area contributed by atoms with E-state index in [1.807, 2.05) is 18.2 Å². The third-order valence-electron chi connectivity index (χ3n) is 2.15. The summed E-state index contributed by atoms with van der Waals surface area (Å²) >= 11 is 0. The fourth-order valence-corrected chi connectivity index (χ4v) is 1.49. The van der Waals surface area contributed by atoms with Crippen molar-refractivity contribution in [1.82, 2.24) is 5.32 Å². The first-order valence-electron chi connectivity index (χ1n) is 4.41. The van der Waals surface area contributed by atoms with Crippen molar-refractivity contribution in [2.75, 3.05) is 20.3 Å². The zero-order valence-electron chi connectivity index (χ0n) is 8.08. The van der Waals surface area contributed by atoms with Crippen molar-refractivity contribution in [3.05, 3.63) is 23.8 Å². The van der Waals surface area contributed by atoms with Gasteiger partial charge in [-0.2, -0.15) is 0 Å². The number of nitrogens with one attached hydrogen (secondary N) is 1. The summed E-state index contributed by atoms with van der Waals surface area (Å²) in [5.74, 6) is 1.83. The van der Waals surface area contributed by atoms with Crippen LogP contribution >= 0.6 is 12.4 Å².